The van der Waals surface area contributed by atoms with Crippen molar-refractivity contribution in [2.24, 2.45) is 0 Å². The van der Waals surface area contributed by atoms with Crippen LogP contribution in [0.5, 0.6) is 5.75 Å². The predicted octanol–water partition coefficient (Wildman–Crippen LogP) is 6.60. The van der Waals surface area contributed by atoms with Crippen LogP contribution >= 0.6 is 11.6 Å². The molecule has 0 aliphatic rings. The minimum absolute atomic E-state index is 0.0927. The molecule has 152 valence electrons. The molecule has 29 heavy (non-hydrogen) atoms. The fourth-order valence-corrected chi connectivity index (χ4v) is 3.77. The zero-order chi connectivity index (χ0) is 21.3. The van der Waals surface area contributed by atoms with Crippen LogP contribution in [0.1, 0.15) is 60.8 Å². The Morgan fingerprint density at radius 3 is 2.34 bits per heavy atom. The molecule has 0 saturated heterocycles. The minimum Gasteiger partial charge on any atom is -0.496 e. The second kappa shape index (κ2) is 8.08. The Morgan fingerprint density at radius 1 is 1.03 bits per heavy atom. The predicted molar refractivity (Wildman–Crippen MR) is 121 cm³/mol. The van der Waals surface area contributed by atoms with E-state index in [1.54, 1.807) is 13.2 Å². The number of nitrogens with one attached hydrogen (secondary N) is 1. The first-order valence-corrected chi connectivity index (χ1v) is 10.2. The Kier molecular flexibility index (Phi) is 5.90. The van der Waals surface area contributed by atoms with Gasteiger partial charge in [0.25, 0.3) is 5.91 Å². The zero-order valence-electron chi connectivity index (χ0n) is 17.9. The van der Waals surface area contributed by atoms with Crippen LogP contribution in [0.15, 0.2) is 48.5 Å². The van der Waals surface area contributed by atoms with Crippen molar-refractivity contribution in [2.45, 2.75) is 46.1 Å². The van der Waals surface area contributed by atoms with Crippen molar-refractivity contribution in [3.8, 4) is 5.75 Å². The highest BCUT2D eigenvalue weighted by Gasteiger charge is 2.17. The Balaban J connectivity index is 1.83. The van der Waals surface area contributed by atoms with Gasteiger partial charge < -0.3 is 10.1 Å². The summed E-state index contributed by atoms with van der Waals surface area (Å²) in [5, 5.41) is 5.82. The van der Waals surface area contributed by atoms with Gasteiger partial charge >= 0.3 is 0 Å². The lowest BCUT2D eigenvalue weighted by atomic mass is 9.86. The highest BCUT2D eigenvalue weighted by molar-refractivity contribution is 6.31. The van der Waals surface area contributed by atoms with E-state index in [0.29, 0.717) is 10.6 Å². The van der Waals surface area contributed by atoms with Gasteiger partial charge in [-0.25, -0.2) is 0 Å². The van der Waals surface area contributed by atoms with Gasteiger partial charge in [0.15, 0.2) is 0 Å². The number of amides is 1. The monoisotopic (exact) mass is 409 g/mol. The molecule has 0 unspecified atom stereocenters. The maximum Gasteiger partial charge on any atom is 0.251 e. The van der Waals surface area contributed by atoms with Crippen LogP contribution in [0.4, 0.5) is 0 Å². The Labute approximate surface area is 178 Å². The second-order valence-corrected chi connectivity index (χ2v) is 8.97. The first-order valence-electron chi connectivity index (χ1n) is 9.79. The summed E-state index contributed by atoms with van der Waals surface area (Å²) >= 11 is 6.40. The van der Waals surface area contributed by atoms with Gasteiger partial charge in [0, 0.05) is 10.6 Å². The van der Waals surface area contributed by atoms with Crippen LogP contribution in [-0.4, -0.2) is 13.0 Å². The number of halogens is 1. The Bertz CT molecular complexity index is 1070. The molecule has 0 saturated carbocycles. The summed E-state index contributed by atoms with van der Waals surface area (Å²) in [6.45, 7) is 10.5. The van der Waals surface area contributed by atoms with E-state index in [1.165, 1.54) is 5.56 Å². The molecular formula is C25H28ClNO2. The number of carbonyl (C=O) groups excluding carboxylic acids is 1. The average molecular weight is 410 g/mol. The van der Waals surface area contributed by atoms with Gasteiger partial charge in [-0.3, -0.25) is 4.79 Å². The molecule has 1 atom stereocenters. The maximum absolute atomic E-state index is 12.8. The number of hydrogen-bond donors (Lipinski definition) is 1. The molecule has 1 amide bonds. The lowest BCUT2D eigenvalue weighted by Crippen LogP contribution is -2.26. The third kappa shape index (κ3) is 4.56. The molecule has 0 spiro atoms. The number of ether oxygens (including phenoxy) is 1. The summed E-state index contributed by atoms with van der Waals surface area (Å²) in [5.41, 5.74) is 3.85. The van der Waals surface area contributed by atoms with Crippen LogP contribution in [0.3, 0.4) is 0 Å². The number of benzene rings is 3. The van der Waals surface area contributed by atoms with Crippen molar-refractivity contribution in [1.82, 2.24) is 5.32 Å². The number of rotatable bonds is 4. The molecule has 0 aromatic heterocycles. The standard InChI is InChI=1S/C25H28ClNO2/c1-15-11-21(22(26)14-23(15)29-6)16(2)27-24(28)19-8-7-18-13-20(25(3,4)5)10-9-17(18)12-19/h7-14,16H,1-6H3,(H,27,28)/t16-/m1/s1. The van der Waals surface area contributed by atoms with E-state index in [0.717, 1.165) is 27.6 Å². The van der Waals surface area contributed by atoms with Gasteiger partial charge in [-0.15, -0.1) is 0 Å². The fraction of sp³-hybridized carbons (Fsp3) is 0.320. The van der Waals surface area contributed by atoms with Gasteiger partial charge in [0.2, 0.25) is 0 Å². The number of carbonyl (C=O) groups is 1. The van der Waals surface area contributed by atoms with Crippen LogP contribution < -0.4 is 10.1 Å². The van der Waals surface area contributed by atoms with E-state index >= 15 is 0 Å². The highest BCUT2D eigenvalue weighted by Crippen LogP contribution is 2.31. The van der Waals surface area contributed by atoms with Crippen molar-refractivity contribution in [3.63, 3.8) is 0 Å². The van der Waals surface area contributed by atoms with Crippen molar-refractivity contribution in [2.75, 3.05) is 7.11 Å². The first kappa shape index (κ1) is 21.2. The first-order chi connectivity index (χ1) is 13.6. The van der Waals surface area contributed by atoms with Gasteiger partial charge in [-0.05, 0) is 71.0 Å². The van der Waals surface area contributed by atoms with E-state index in [9.17, 15) is 4.79 Å². The van der Waals surface area contributed by atoms with Crippen molar-refractivity contribution in [1.29, 1.82) is 0 Å². The molecular weight excluding hydrogens is 382 g/mol. The third-order valence-corrected chi connectivity index (χ3v) is 5.62. The lowest BCUT2D eigenvalue weighted by Gasteiger charge is -2.20. The largest absolute Gasteiger partial charge is 0.496 e. The molecule has 0 fully saturated rings. The molecule has 3 aromatic carbocycles. The summed E-state index contributed by atoms with van der Waals surface area (Å²) < 4.78 is 5.31. The number of fused-ring (bicyclic) bond motifs is 1. The molecule has 3 nitrogen and oxygen atoms in total. The van der Waals surface area contributed by atoms with Gasteiger partial charge in [-0.2, -0.15) is 0 Å². The van der Waals surface area contributed by atoms with Crippen molar-refractivity contribution >= 4 is 28.3 Å². The van der Waals surface area contributed by atoms with E-state index in [1.807, 2.05) is 38.1 Å². The zero-order valence-corrected chi connectivity index (χ0v) is 18.6. The normalized spacial score (nSPS) is 12.7. The average Bonchev–Trinajstić information content (AvgIpc) is 2.67. The third-order valence-electron chi connectivity index (χ3n) is 5.30. The second-order valence-electron chi connectivity index (χ2n) is 8.57. The van der Waals surface area contributed by atoms with E-state index < -0.39 is 0 Å². The van der Waals surface area contributed by atoms with E-state index in [2.05, 4.69) is 44.3 Å². The van der Waals surface area contributed by atoms with Crippen LogP contribution in [0.2, 0.25) is 5.02 Å². The quantitative estimate of drug-likeness (QED) is 0.527. The number of hydrogen-bond acceptors (Lipinski definition) is 2. The minimum atomic E-state index is -0.224. The molecule has 3 aromatic rings. The van der Waals surface area contributed by atoms with Crippen molar-refractivity contribution < 1.29 is 9.53 Å². The van der Waals surface area contributed by atoms with E-state index in [4.69, 9.17) is 16.3 Å². The SMILES string of the molecule is COc1cc(Cl)c([C@@H](C)NC(=O)c2ccc3cc(C(C)(C)C)ccc3c2)cc1C. The summed E-state index contributed by atoms with van der Waals surface area (Å²) in [4.78, 5) is 12.8. The Hall–Kier alpha value is -2.52. The van der Waals surface area contributed by atoms with Crippen LogP contribution in [0.25, 0.3) is 10.8 Å². The molecule has 0 aliphatic heterocycles. The fourth-order valence-electron chi connectivity index (χ4n) is 3.45. The molecule has 0 radical (unpaired) electrons. The summed E-state index contributed by atoms with van der Waals surface area (Å²) in [6.07, 6.45) is 0. The van der Waals surface area contributed by atoms with Gasteiger partial charge in [0.1, 0.15) is 5.75 Å². The smallest absolute Gasteiger partial charge is 0.251 e. The molecule has 3 rings (SSSR count). The summed E-state index contributed by atoms with van der Waals surface area (Å²) in [5.74, 6) is 0.616. The Morgan fingerprint density at radius 2 is 1.69 bits per heavy atom. The number of methoxy groups -OCH3 is 1. The highest BCUT2D eigenvalue weighted by atomic mass is 35.5. The maximum atomic E-state index is 12.8. The molecule has 1 N–H and O–H groups in total. The van der Waals surface area contributed by atoms with Crippen LogP contribution in [-0.2, 0) is 5.41 Å². The lowest BCUT2D eigenvalue weighted by molar-refractivity contribution is 0.0940. The van der Waals surface area contributed by atoms with Crippen LogP contribution in [0, 0.1) is 6.92 Å². The molecule has 0 bridgehead atoms. The summed E-state index contributed by atoms with van der Waals surface area (Å²) in [6, 6.07) is 15.7. The van der Waals surface area contributed by atoms with Gasteiger partial charge in [0.05, 0.1) is 13.2 Å². The topological polar surface area (TPSA) is 38.3 Å². The molecule has 4 heteroatoms. The summed E-state index contributed by atoms with van der Waals surface area (Å²) in [7, 11) is 1.62. The van der Waals surface area contributed by atoms with Gasteiger partial charge in [-0.1, -0.05) is 56.6 Å². The number of aryl methyl sites for hydroxylation is 1. The molecule has 0 heterocycles. The van der Waals surface area contributed by atoms with E-state index in [-0.39, 0.29) is 17.4 Å². The molecule has 0 aliphatic carbocycles. The van der Waals surface area contributed by atoms with Crippen molar-refractivity contribution in [3.05, 3.63) is 75.8 Å².